The SMILES string of the molecule is O=C(Nc1cccc(-c2cn3ccsc3n2)c1)c1cncc(Br)c1. The van der Waals surface area contributed by atoms with Gasteiger partial charge in [-0.15, -0.1) is 11.3 Å². The first-order valence-electron chi connectivity index (χ1n) is 7.13. The lowest BCUT2D eigenvalue weighted by molar-refractivity contribution is 0.102. The summed E-state index contributed by atoms with van der Waals surface area (Å²) in [6.07, 6.45) is 7.13. The van der Waals surface area contributed by atoms with Crippen molar-refractivity contribution in [2.75, 3.05) is 5.32 Å². The maximum atomic E-state index is 12.3. The average Bonchev–Trinajstić information content (AvgIpc) is 3.17. The molecule has 118 valence electrons. The van der Waals surface area contributed by atoms with E-state index in [1.165, 1.54) is 6.20 Å². The van der Waals surface area contributed by atoms with Gasteiger partial charge in [-0.3, -0.25) is 14.2 Å². The summed E-state index contributed by atoms with van der Waals surface area (Å²) >= 11 is 4.91. The van der Waals surface area contributed by atoms with Crippen molar-refractivity contribution in [2.24, 2.45) is 0 Å². The number of thiazole rings is 1. The van der Waals surface area contributed by atoms with E-state index in [1.54, 1.807) is 23.6 Å². The van der Waals surface area contributed by atoms with Crippen LogP contribution >= 0.6 is 27.3 Å². The van der Waals surface area contributed by atoms with Crippen LogP contribution in [0.25, 0.3) is 16.2 Å². The Morgan fingerprint density at radius 3 is 3.00 bits per heavy atom. The van der Waals surface area contributed by atoms with Crippen LogP contribution in [0.4, 0.5) is 5.69 Å². The molecule has 0 saturated carbocycles. The maximum absolute atomic E-state index is 12.3. The molecule has 0 aliphatic carbocycles. The van der Waals surface area contributed by atoms with E-state index in [-0.39, 0.29) is 5.91 Å². The number of rotatable bonds is 3. The third-order valence-corrected chi connectivity index (χ3v) is 4.68. The van der Waals surface area contributed by atoms with E-state index < -0.39 is 0 Å². The van der Waals surface area contributed by atoms with Gasteiger partial charge >= 0.3 is 0 Å². The Morgan fingerprint density at radius 1 is 1.25 bits per heavy atom. The predicted molar refractivity (Wildman–Crippen MR) is 98.4 cm³/mol. The van der Waals surface area contributed by atoms with Gasteiger partial charge in [0.1, 0.15) is 0 Å². The molecule has 0 aliphatic heterocycles. The van der Waals surface area contributed by atoms with Crippen LogP contribution in [0, 0.1) is 0 Å². The molecule has 3 aromatic heterocycles. The Balaban J connectivity index is 1.60. The van der Waals surface area contributed by atoms with Crippen LogP contribution in [0.2, 0.25) is 0 Å². The molecule has 1 aromatic carbocycles. The van der Waals surface area contributed by atoms with Crippen molar-refractivity contribution in [3.8, 4) is 11.3 Å². The molecule has 0 unspecified atom stereocenters. The van der Waals surface area contributed by atoms with Gasteiger partial charge in [0, 0.05) is 45.9 Å². The van der Waals surface area contributed by atoms with Gasteiger partial charge in [-0.25, -0.2) is 4.98 Å². The topological polar surface area (TPSA) is 59.3 Å². The van der Waals surface area contributed by atoms with Gasteiger partial charge in [0.05, 0.1) is 11.3 Å². The molecule has 1 amide bonds. The molecule has 0 fully saturated rings. The van der Waals surface area contributed by atoms with Crippen LogP contribution < -0.4 is 5.32 Å². The molecule has 7 heteroatoms. The summed E-state index contributed by atoms with van der Waals surface area (Å²) in [5, 5.41) is 4.89. The quantitative estimate of drug-likeness (QED) is 0.553. The highest BCUT2D eigenvalue weighted by atomic mass is 79.9. The summed E-state index contributed by atoms with van der Waals surface area (Å²) in [7, 11) is 0. The maximum Gasteiger partial charge on any atom is 0.257 e. The van der Waals surface area contributed by atoms with Crippen molar-refractivity contribution in [3.05, 3.63) is 70.5 Å². The second kappa shape index (κ2) is 6.18. The van der Waals surface area contributed by atoms with Gasteiger partial charge in [0.15, 0.2) is 4.96 Å². The molecule has 1 N–H and O–H groups in total. The summed E-state index contributed by atoms with van der Waals surface area (Å²) in [5.41, 5.74) is 3.05. The van der Waals surface area contributed by atoms with Crippen molar-refractivity contribution in [1.29, 1.82) is 0 Å². The summed E-state index contributed by atoms with van der Waals surface area (Å²) in [4.78, 5) is 21.9. The highest BCUT2D eigenvalue weighted by Crippen LogP contribution is 2.24. The molecule has 0 radical (unpaired) electrons. The van der Waals surface area contributed by atoms with Crippen LogP contribution in [-0.2, 0) is 0 Å². The zero-order valence-electron chi connectivity index (χ0n) is 12.3. The molecular weight excluding hydrogens is 388 g/mol. The van der Waals surface area contributed by atoms with E-state index in [0.717, 1.165) is 20.7 Å². The molecule has 4 aromatic rings. The number of halogens is 1. The molecule has 0 aliphatic rings. The smallest absolute Gasteiger partial charge is 0.257 e. The van der Waals surface area contributed by atoms with E-state index in [4.69, 9.17) is 0 Å². The molecule has 0 atom stereocenters. The van der Waals surface area contributed by atoms with Gasteiger partial charge in [-0.2, -0.15) is 0 Å². The van der Waals surface area contributed by atoms with E-state index in [9.17, 15) is 4.79 Å². The van der Waals surface area contributed by atoms with E-state index in [2.05, 4.69) is 31.2 Å². The lowest BCUT2D eigenvalue weighted by Crippen LogP contribution is -2.12. The minimum absolute atomic E-state index is 0.202. The fourth-order valence-corrected chi connectivity index (χ4v) is 3.43. The van der Waals surface area contributed by atoms with Crippen LogP contribution in [0.5, 0.6) is 0 Å². The number of nitrogens with one attached hydrogen (secondary N) is 1. The minimum Gasteiger partial charge on any atom is -0.322 e. The van der Waals surface area contributed by atoms with Crippen molar-refractivity contribution in [2.45, 2.75) is 0 Å². The van der Waals surface area contributed by atoms with Gasteiger partial charge in [0.2, 0.25) is 0 Å². The summed E-state index contributed by atoms with van der Waals surface area (Å²) in [5.74, 6) is -0.202. The van der Waals surface area contributed by atoms with E-state index in [1.807, 2.05) is 46.4 Å². The molecule has 0 saturated heterocycles. The minimum atomic E-state index is -0.202. The second-order valence-corrected chi connectivity index (χ2v) is 6.93. The predicted octanol–water partition coefficient (Wildman–Crippen LogP) is 4.47. The molecule has 0 bridgehead atoms. The number of nitrogens with zero attached hydrogens (tertiary/aromatic N) is 3. The number of imidazole rings is 1. The average molecular weight is 399 g/mol. The number of benzene rings is 1. The first-order chi connectivity index (χ1) is 11.7. The second-order valence-electron chi connectivity index (χ2n) is 5.15. The highest BCUT2D eigenvalue weighted by molar-refractivity contribution is 9.10. The van der Waals surface area contributed by atoms with Gasteiger partial charge in [-0.1, -0.05) is 12.1 Å². The third-order valence-electron chi connectivity index (χ3n) is 3.48. The number of hydrogen-bond acceptors (Lipinski definition) is 4. The number of carbonyl (C=O) groups excluding carboxylic acids is 1. The monoisotopic (exact) mass is 398 g/mol. The normalized spacial score (nSPS) is 10.9. The third kappa shape index (κ3) is 2.95. The van der Waals surface area contributed by atoms with Crippen molar-refractivity contribution < 1.29 is 4.79 Å². The largest absolute Gasteiger partial charge is 0.322 e. The molecule has 4 rings (SSSR count). The molecule has 5 nitrogen and oxygen atoms in total. The standard InChI is InChI=1S/C17H11BrN4OS/c18-13-6-12(8-19-9-13)16(23)20-14-3-1-2-11(7-14)15-10-22-4-5-24-17(22)21-15/h1-10H,(H,20,23). The van der Waals surface area contributed by atoms with Gasteiger partial charge in [-0.05, 0) is 34.1 Å². The number of amides is 1. The van der Waals surface area contributed by atoms with Crippen LogP contribution in [0.3, 0.4) is 0 Å². The lowest BCUT2D eigenvalue weighted by Gasteiger charge is -2.06. The highest BCUT2D eigenvalue weighted by Gasteiger charge is 2.09. The van der Waals surface area contributed by atoms with E-state index in [0.29, 0.717) is 11.3 Å². The number of hydrogen-bond donors (Lipinski definition) is 1. The van der Waals surface area contributed by atoms with Crippen LogP contribution in [-0.4, -0.2) is 20.3 Å². The number of fused-ring (bicyclic) bond motifs is 1. The number of aromatic nitrogens is 3. The Labute approximate surface area is 150 Å². The lowest BCUT2D eigenvalue weighted by atomic mass is 10.1. The Bertz CT molecular complexity index is 1010. The summed E-state index contributed by atoms with van der Waals surface area (Å²) < 4.78 is 2.75. The Kier molecular flexibility index (Phi) is 3.87. The van der Waals surface area contributed by atoms with Crippen molar-refractivity contribution in [3.63, 3.8) is 0 Å². The first kappa shape index (κ1) is 15.0. The molecule has 3 heterocycles. The fourth-order valence-electron chi connectivity index (χ4n) is 2.36. The molecule has 24 heavy (non-hydrogen) atoms. The van der Waals surface area contributed by atoms with Crippen LogP contribution in [0.1, 0.15) is 10.4 Å². The first-order valence-corrected chi connectivity index (χ1v) is 8.81. The van der Waals surface area contributed by atoms with Gasteiger partial charge in [0.25, 0.3) is 5.91 Å². The number of anilines is 1. The summed E-state index contributed by atoms with van der Waals surface area (Å²) in [6.45, 7) is 0. The Hall–Kier alpha value is -2.51. The molecular formula is C17H11BrN4OS. The van der Waals surface area contributed by atoms with Crippen molar-refractivity contribution in [1.82, 2.24) is 14.4 Å². The fraction of sp³-hybridized carbons (Fsp3) is 0. The van der Waals surface area contributed by atoms with Gasteiger partial charge < -0.3 is 5.32 Å². The zero-order chi connectivity index (χ0) is 16.5. The van der Waals surface area contributed by atoms with Crippen molar-refractivity contribution >= 4 is 43.8 Å². The number of carbonyl (C=O) groups is 1. The Morgan fingerprint density at radius 2 is 2.17 bits per heavy atom. The van der Waals surface area contributed by atoms with Crippen LogP contribution in [0.15, 0.2) is 65.0 Å². The molecule has 0 spiro atoms. The zero-order valence-corrected chi connectivity index (χ0v) is 14.7. The van der Waals surface area contributed by atoms with E-state index >= 15 is 0 Å². The summed E-state index contributed by atoms with van der Waals surface area (Å²) in [6, 6.07) is 9.37. The number of pyridine rings is 1.